The molecule has 1 aromatic heterocycles. The van der Waals surface area contributed by atoms with Gasteiger partial charge in [0.2, 0.25) is 5.91 Å². The number of carbonyl (C=O) groups is 2. The van der Waals surface area contributed by atoms with Crippen molar-refractivity contribution in [2.75, 3.05) is 36.4 Å². The van der Waals surface area contributed by atoms with Crippen LogP contribution in [-0.4, -0.2) is 47.9 Å². The smallest absolute Gasteiger partial charge is 0.272 e. The summed E-state index contributed by atoms with van der Waals surface area (Å²) in [7, 11) is 0. The highest BCUT2D eigenvalue weighted by Gasteiger charge is 2.33. The van der Waals surface area contributed by atoms with Crippen LogP contribution < -0.4 is 10.2 Å². The fourth-order valence-electron chi connectivity index (χ4n) is 4.13. The van der Waals surface area contributed by atoms with E-state index in [0.29, 0.717) is 11.6 Å². The molecule has 2 amide bonds. The Balaban J connectivity index is 1.21. The van der Waals surface area contributed by atoms with Crippen molar-refractivity contribution >= 4 is 34.1 Å². The topological polar surface area (TPSA) is 68.4 Å². The number of rotatable bonds is 4. The van der Waals surface area contributed by atoms with Crippen molar-refractivity contribution in [3.8, 4) is 0 Å². The number of carbonyl (C=O) groups excluding carboxylic acids is 2. The summed E-state index contributed by atoms with van der Waals surface area (Å²) in [5, 5.41) is 3.98. The van der Waals surface area contributed by atoms with Gasteiger partial charge in [-0.3, -0.25) is 9.59 Å². The van der Waals surface area contributed by atoms with Crippen LogP contribution in [0.25, 0.3) is 10.9 Å². The summed E-state index contributed by atoms with van der Waals surface area (Å²) >= 11 is 0. The molecule has 1 aliphatic carbocycles. The molecule has 0 spiro atoms. The van der Waals surface area contributed by atoms with Crippen LogP contribution in [-0.2, 0) is 4.79 Å². The van der Waals surface area contributed by atoms with Crippen molar-refractivity contribution in [3.05, 3.63) is 60.3 Å². The van der Waals surface area contributed by atoms with Crippen LogP contribution in [0.5, 0.6) is 0 Å². The lowest BCUT2D eigenvalue weighted by molar-refractivity contribution is -0.132. The Hall–Kier alpha value is -3.28. The lowest BCUT2D eigenvalue weighted by atomic mass is 10.2. The molecule has 0 unspecified atom stereocenters. The summed E-state index contributed by atoms with van der Waals surface area (Å²) in [4.78, 5) is 32.4. The molecule has 3 aromatic rings. The van der Waals surface area contributed by atoms with Gasteiger partial charge in [-0.1, -0.05) is 18.2 Å². The van der Waals surface area contributed by atoms with E-state index < -0.39 is 0 Å². The third-order valence-electron chi connectivity index (χ3n) is 6.00. The quantitative estimate of drug-likeness (QED) is 0.696. The molecule has 2 aromatic carbocycles. The number of H-pyrrole nitrogens is 1. The lowest BCUT2D eigenvalue weighted by Gasteiger charge is -2.24. The number of amides is 2. The maximum atomic E-state index is 12.6. The minimum absolute atomic E-state index is 0.150. The zero-order valence-corrected chi connectivity index (χ0v) is 16.9. The number of anilines is 2. The van der Waals surface area contributed by atoms with Gasteiger partial charge in [-0.2, -0.15) is 0 Å². The van der Waals surface area contributed by atoms with Gasteiger partial charge < -0.3 is 20.1 Å². The Morgan fingerprint density at radius 2 is 1.73 bits per heavy atom. The summed E-state index contributed by atoms with van der Waals surface area (Å²) < 4.78 is 0. The Labute approximate surface area is 175 Å². The molecule has 2 N–H and O–H groups in total. The van der Waals surface area contributed by atoms with Gasteiger partial charge in [0.15, 0.2) is 0 Å². The highest BCUT2D eigenvalue weighted by molar-refractivity contribution is 6.06. The van der Waals surface area contributed by atoms with Gasteiger partial charge in [0.25, 0.3) is 5.91 Å². The Bertz CT molecular complexity index is 1040. The zero-order chi connectivity index (χ0) is 20.5. The highest BCUT2D eigenvalue weighted by atomic mass is 16.2. The molecule has 1 aliphatic heterocycles. The maximum Gasteiger partial charge on any atom is 0.272 e. The average molecular weight is 402 g/mol. The van der Waals surface area contributed by atoms with Crippen LogP contribution in [0.3, 0.4) is 0 Å². The van der Waals surface area contributed by atoms with E-state index in [0.717, 1.165) is 67.7 Å². The summed E-state index contributed by atoms with van der Waals surface area (Å²) in [6, 6.07) is 17.7. The van der Waals surface area contributed by atoms with Crippen molar-refractivity contribution in [2.24, 2.45) is 5.92 Å². The van der Waals surface area contributed by atoms with E-state index in [1.165, 1.54) is 0 Å². The molecule has 6 nitrogen and oxygen atoms in total. The number of benzene rings is 2. The third-order valence-corrected chi connectivity index (χ3v) is 6.00. The van der Waals surface area contributed by atoms with Crippen molar-refractivity contribution in [3.63, 3.8) is 0 Å². The number of nitrogens with one attached hydrogen (secondary N) is 2. The predicted molar refractivity (Wildman–Crippen MR) is 119 cm³/mol. The van der Waals surface area contributed by atoms with E-state index in [1.54, 1.807) is 0 Å². The van der Waals surface area contributed by atoms with E-state index in [4.69, 9.17) is 0 Å². The van der Waals surface area contributed by atoms with Gasteiger partial charge in [-0.05, 0) is 55.7 Å². The van der Waals surface area contributed by atoms with Crippen LogP contribution in [0.2, 0.25) is 0 Å². The predicted octanol–water partition coefficient (Wildman–Crippen LogP) is 3.87. The first-order chi connectivity index (χ1) is 14.7. The van der Waals surface area contributed by atoms with E-state index >= 15 is 0 Å². The number of hydrogen-bond donors (Lipinski definition) is 2. The standard InChI is InChI=1S/C24H26N4O2/c29-23(22-16-18-4-1-2-5-21(18)26-22)25-19-8-10-20(11-9-19)27-12-3-13-28(15-14-27)24(30)17-6-7-17/h1-2,4-5,8-11,16-17,26H,3,6-7,12-15H2,(H,25,29). The minimum Gasteiger partial charge on any atom is -0.370 e. The fraction of sp³-hybridized carbons (Fsp3) is 0.333. The van der Waals surface area contributed by atoms with Gasteiger partial charge in [-0.15, -0.1) is 0 Å². The second-order valence-electron chi connectivity index (χ2n) is 8.21. The number of fused-ring (bicyclic) bond motifs is 1. The Morgan fingerprint density at radius 3 is 2.50 bits per heavy atom. The number of nitrogens with zero attached hydrogens (tertiary/aromatic N) is 2. The van der Waals surface area contributed by atoms with Gasteiger partial charge in [0.1, 0.15) is 5.69 Å². The first-order valence-corrected chi connectivity index (χ1v) is 10.7. The molecule has 0 atom stereocenters. The SMILES string of the molecule is O=C(Nc1ccc(N2CCCN(C(=O)C3CC3)CC2)cc1)c1cc2ccccc2[nH]1. The lowest BCUT2D eigenvalue weighted by Crippen LogP contribution is -2.36. The molecule has 1 saturated heterocycles. The summed E-state index contributed by atoms with van der Waals surface area (Å²) in [6.07, 6.45) is 3.10. The van der Waals surface area contributed by atoms with E-state index in [2.05, 4.69) is 15.2 Å². The van der Waals surface area contributed by atoms with Crippen LogP contribution in [0.15, 0.2) is 54.6 Å². The zero-order valence-electron chi connectivity index (χ0n) is 16.9. The van der Waals surface area contributed by atoms with E-state index in [-0.39, 0.29) is 11.8 Å². The summed E-state index contributed by atoms with van der Waals surface area (Å²) in [5.41, 5.74) is 3.39. The van der Waals surface area contributed by atoms with Gasteiger partial charge in [-0.25, -0.2) is 0 Å². The molecule has 0 bridgehead atoms. The molecule has 6 heteroatoms. The first kappa shape index (κ1) is 18.7. The third kappa shape index (κ3) is 3.90. The number of aromatic nitrogens is 1. The van der Waals surface area contributed by atoms with Crippen LogP contribution in [0.1, 0.15) is 29.8 Å². The first-order valence-electron chi connectivity index (χ1n) is 10.7. The molecule has 30 heavy (non-hydrogen) atoms. The average Bonchev–Trinajstić information content (AvgIpc) is 3.56. The molecule has 2 fully saturated rings. The van der Waals surface area contributed by atoms with Crippen molar-refractivity contribution in [1.82, 2.24) is 9.88 Å². The molecule has 0 radical (unpaired) electrons. The minimum atomic E-state index is -0.150. The second kappa shape index (κ2) is 7.86. The van der Waals surface area contributed by atoms with Crippen molar-refractivity contribution in [2.45, 2.75) is 19.3 Å². The van der Waals surface area contributed by atoms with Crippen molar-refractivity contribution in [1.29, 1.82) is 0 Å². The second-order valence-corrected chi connectivity index (χ2v) is 8.21. The monoisotopic (exact) mass is 402 g/mol. The van der Waals surface area contributed by atoms with Crippen molar-refractivity contribution < 1.29 is 9.59 Å². The number of para-hydroxylation sites is 1. The molecule has 2 heterocycles. The van der Waals surface area contributed by atoms with Gasteiger partial charge in [0, 0.05) is 54.4 Å². The molecule has 154 valence electrons. The Kier molecular flexibility index (Phi) is 4.91. The van der Waals surface area contributed by atoms with Crippen LogP contribution >= 0.6 is 0 Å². The molecule has 1 saturated carbocycles. The highest BCUT2D eigenvalue weighted by Crippen LogP contribution is 2.31. The van der Waals surface area contributed by atoms with Gasteiger partial charge >= 0.3 is 0 Å². The summed E-state index contributed by atoms with van der Waals surface area (Å²) in [6.45, 7) is 3.42. The van der Waals surface area contributed by atoms with Crippen LogP contribution in [0.4, 0.5) is 11.4 Å². The molecule has 5 rings (SSSR count). The number of aromatic amines is 1. The fourth-order valence-corrected chi connectivity index (χ4v) is 4.13. The normalized spacial score (nSPS) is 17.1. The molecular formula is C24H26N4O2. The van der Waals surface area contributed by atoms with E-state index in [1.807, 2.05) is 59.5 Å². The Morgan fingerprint density at radius 1 is 0.933 bits per heavy atom. The molecular weight excluding hydrogens is 376 g/mol. The largest absolute Gasteiger partial charge is 0.370 e. The van der Waals surface area contributed by atoms with E-state index in [9.17, 15) is 9.59 Å². The number of hydrogen-bond acceptors (Lipinski definition) is 3. The summed E-state index contributed by atoms with van der Waals surface area (Å²) in [5.74, 6) is 0.478. The maximum absolute atomic E-state index is 12.6. The van der Waals surface area contributed by atoms with Gasteiger partial charge in [0.05, 0.1) is 0 Å². The molecule has 2 aliphatic rings. The van der Waals surface area contributed by atoms with Crippen LogP contribution in [0, 0.1) is 5.92 Å².